The molecule has 4 nitrogen and oxygen atoms in total. The lowest BCUT2D eigenvalue weighted by molar-refractivity contribution is -0.121. The van der Waals surface area contributed by atoms with Crippen LogP contribution in [-0.2, 0) is 17.9 Å². The number of Topliss-reactive ketones (excluding diaryl/α,β-unsaturated/α-hetero) is 1. The molecule has 0 aliphatic heterocycles. The number of ether oxygens (including phenoxy) is 2. The van der Waals surface area contributed by atoms with E-state index in [4.69, 9.17) is 9.47 Å². The van der Waals surface area contributed by atoms with Gasteiger partial charge in [0.25, 0.3) is 0 Å². The Morgan fingerprint density at radius 3 is 1.94 bits per heavy atom. The summed E-state index contributed by atoms with van der Waals surface area (Å²) in [5.41, 5.74) is 5.40. The molecular formula is C31H36FNO3. The summed E-state index contributed by atoms with van der Waals surface area (Å²) >= 11 is 0. The second-order valence-corrected chi connectivity index (χ2v) is 9.98. The first-order valence-corrected chi connectivity index (χ1v) is 12.6. The lowest BCUT2D eigenvalue weighted by atomic mass is 9.74. The van der Waals surface area contributed by atoms with Crippen molar-refractivity contribution in [2.45, 2.75) is 59.0 Å². The van der Waals surface area contributed by atoms with Gasteiger partial charge in [0.05, 0.1) is 19.9 Å². The van der Waals surface area contributed by atoms with Gasteiger partial charge in [0.2, 0.25) is 0 Å². The molecule has 0 N–H and O–H groups in total. The maximum absolute atomic E-state index is 16.5. The summed E-state index contributed by atoms with van der Waals surface area (Å²) in [4.78, 5) is 14.4. The molecule has 1 aliphatic rings. The van der Waals surface area contributed by atoms with Crippen LogP contribution in [0.25, 0.3) is 0 Å². The van der Waals surface area contributed by atoms with Crippen LogP contribution in [0.2, 0.25) is 0 Å². The largest absolute Gasteiger partial charge is 0.497 e. The minimum atomic E-state index is -0.202. The van der Waals surface area contributed by atoms with Gasteiger partial charge in [-0.1, -0.05) is 31.2 Å². The van der Waals surface area contributed by atoms with Gasteiger partial charge in [0.15, 0.2) is 0 Å². The highest BCUT2D eigenvalue weighted by atomic mass is 19.1. The number of nitrogens with zero attached hydrogens (tertiary/aromatic N) is 1. The van der Waals surface area contributed by atoms with E-state index in [0.717, 1.165) is 40.2 Å². The molecule has 1 saturated carbocycles. The van der Waals surface area contributed by atoms with Gasteiger partial charge in [-0.25, -0.2) is 4.39 Å². The summed E-state index contributed by atoms with van der Waals surface area (Å²) in [6, 6.07) is 17.7. The molecule has 0 saturated heterocycles. The lowest BCUT2D eigenvalue weighted by Gasteiger charge is -2.33. The van der Waals surface area contributed by atoms with Gasteiger partial charge in [-0.2, -0.15) is 0 Å². The predicted molar refractivity (Wildman–Crippen MR) is 143 cm³/mol. The van der Waals surface area contributed by atoms with E-state index in [-0.39, 0.29) is 23.4 Å². The lowest BCUT2D eigenvalue weighted by Crippen LogP contribution is -2.27. The average molecular weight is 490 g/mol. The zero-order valence-corrected chi connectivity index (χ0v) is 21.9. The van der Waals surface area contributed by atoms with Gasteiger partial charge in [-0.15, -0.1) is 0 Å². The Morgan fingerprint density at radius 1 is 0.917 bits per heavy atom. The number of anilines is 1. The van der Waals surface area contributed by atoms with Crippen LogP contribution in [0.4, 0.5) is 10.1 Å². The monoisotopic (exact) mass is 489 g/mol. The number of aryl methyl sites for hydroxylation is 1. The quantitative estimate of drug-likeness (QED) is 0.337. The smallest absolute Gasteiger partial charge is 0.150 e. The molecule has 4 rings (SSSR count). The SMILES string of the molecule is COc1ccc(CN(Cc2ccc(OC)cc2)c2cc(C)c(C)c(C3CC(=O)CCC3C)c2F)cc1. The van der Waals surface area contributed by atoms with E-state index in [0.29, 0.717) is 37.2 Å². The highest BCUT2D eigenvalue weighted by molar-refractivity contribution is 5.80. The van der Waals surface area contributed by atoms with E-state index in [2.05, 4.69) is 11.8 Å². The molecular weight excluding hydrogens is 453 g/mol. The zero-order valence-electron chi connectivity index (χ0n) is 21.9. The number of halogens is 1. The Hall–Kier alpha value is -3.34. The van der Waals surface area contributed by atoms with Crippen molar-refractivity contribution in [1.29, 1.82) is 0 Å². The summed E-state index contributed by atoms with van der Waals surface area (Å²) in [5.74, 6) is 1.78. The third kappa shape index (κ3) is 5.56. The van der Waals surface area contributed by atoms with Crippen LogP contribution in [0.5, 0.6) is 11.5 Å². The fraction of sp³-hybridized carbons (Fsp3) is 0.387. The molecule has 3 aromatic carbocycles. The molecule has 36 heavy (non-hydrogen) atoms. The summed E-state index contributed by atoms with van der Waals surface area (Å²) < 4.78 is 27.1. The van der Waals surface area contributed by atoms with E-state index < -0.39 is 0 Å². The summed E-state index contributed by atoms with van der Waals surface area (Å²) in [7, 11) is 3.29. The summed E-state index contributed by atoms with van der Waals surface area (Å²) in [6.07, 6.45) is 1.82. The predicted octanol–water partition coefficient (Wildman–Crippen LogP) is 7.14. The second kappa shape index (κ2) is 11.2. The Labute approximate surface area is 214 Å². The third-order valence-corrected chi connectivity index (χ3v) is 7.60. The number of hydrogen-bond donors (Lipinski definition) is 0. The van der Waals surface area contributed by atoms with Crippen molar-refractivity contribution >= 4 is 11.5 Å². The van der Waals surface area contributed by atoms with E-state index in [1.807, 2.05) is 68.4 Å². The minimum Gasteiger partial charge on any atom is -0.497 e. The van der Waals surface area contributed by atoms with Crippen LogP contribution in [0.1, 0.15) is 59.9 Å². The molecule has 2 atom stereocenters. The molecule has 0 aromatic heterocycles. The van der Waals surface area contributed by atoms with Crippen LogP contribution in [0.15, 0.2) is 54.6 Å². The number of carbonyl (C=O) groups is 1. The summed E-state index contributed by atoms with van der Waals surface area (Å²) in [6.45, 7) is 7.24. The first-order valence-electron chi connectivity index (χ1n) is 12.6. The first kappa shape index (κ1) is 25.7. The van der Waals surface area contributed by atoms with Crippen molar-refractivity contribution in [3.05, 3.63) is 88.2 Å². The molecule has 1 fully saturated rings. The molecule has 0 amide bonds. The fourth-order valence-corrected chi connectivity index (χ4v) is 5.22. The van der Waals surface area contributed by atoms with Gasteiger partial charge in [0.1, 0.15) is 23.1 Å². The number of hydrogen-bond acceptors (Lipinski definition) is 4. The first-order chi connectivity index (χ1) is 17.3. The standard InChI is InChI=1S/C31H36FNO3/c1-20-6-11-25(34)17-28(20)30-22(3)21(2)16-29(31(30)32)33(18-23-7-12-26(35-4)13-8-23)19-24-9-14-27(36-5)15-10-24/h7-10,12-16,20,28H,6,11,17-19H2,1-5H3. The van der Waals surface area contributed by atoms with E-state index in [9.17, 15) is 4.79 Å². The molecule has 0 heterocycles. The van der Waals surface area contributed by atoms with Crippen molar-refractivity contribution in [2.75, 3.05) is 19.1 Å². The third-order valence-electron chi connectivity index (χ3n) is 7.60. The van der Waals surface area contributed by atoms with Crippen molar-refractivity contribution < 1.29 is 18.7 Å². The van der Waals surface area contributed by atoms with E-state index >= 15 is 4.39 Å². The van der Waals surface area contributed by atoms with E-state index in [1.54, 1.807) is 14.2 Å². The maximum atomic E-state index is 16.5. The molecule has 0 radical (unpaired) electrons. The van der Waals surface area contributed by atoms with Crippen molar-refractivity contribution in [1.82, 2.24) is 0 Å². The minimum absolute atomic E-state index is 0.0891. The van der Waals surface area contributed by atoms with Gasteiger partial charge < -0.3 is 14.4 Å². The van der Waals surface area contributed by atoms with Gasteiger partial charge in [-0.3, -0.25) is 4.79 Å². The van der Waals surface area contributed by atoms with Crippen LogP contribution < -0.4 is 14.4 Å². The Morgan fingerprint density at radius 2 is 1.44 bits per heavy atom. The topological polar surface area (TPSA) is 38.8 Å². The van der Waals surface area contributed by atoms with Gasteiger partial charge >= 0.3 is 0 Å². The van der Waals surface area contributed by atoms with Crippen molar-refractivity contribution in [3.63, 3.8) is 0 Å². The molecule has 3 aromatic rings. The van der Waals surface area contributed by atoms with Crippen LogP contribution >= 0.6 is 0 Å². The molecule has 0 spiro atoms. The fourth-order valence-electron chi connectivity index (χ4n) is 5.22. The Balaban J connectivity index is 1.77. The van der Waals surface area contributed by atoms with Crippen molar-refractivity contribution in [2.24, 2.45) is 5.92 Å². The number of carbonyl (C=O) groups excluding carboxylic acids is 1. The van der Waals surface area contributed by atoms with Gasteiger partial charge in [0, 0.05) is 25.9 Å². The van der Waals surface area contributed by atoms with Crippen LogP contribution in [0, 0.1) is 25.6 Å². The Kier molecular flexibility index (Phi) is 7.97. The second-order valence-electron chi connectivity index (χ2n) is 9.98. The molecule has 2 unspecified atom stereocenters. The number of methoxy groups -OCH3 is 2. The summed E-state index contributed by atoms with van der Waals surface area (Å²) in [5, 5.41) is 0. The van der Waals surface area contributed by atoms with Crippen LogP contribution in [-0.4, -0.2) is 20.0 Å². The number of benzene rings is 3. The zero-order chi connectivity index (χ0) is 25.8. The van der Waals surface area contributed by atoms with E-state index in [1.165, 1.54) is 0 Å². The highest BCUT2D eigenvalue weighted by Crippen LogP contribution is 2.42. The molecule has 190 valence electrons. The molecule has 0 bridgehead atoms. The van der Waals surface area contributed by atoms with Crippen molar-refractivity contribution in [3.8, 4) is 11.5 Å². The number of rotatable bonds is 8. The highest BCUT2D eigenvalue weighted by Gasteiger charge is 2.32. The van der Waals surface area contributed by atoms with Crippen LogP contribution in [0.3, 0.4) is 0 Å². The number of ketones is 1. The Bertz CT molecular complexity index is 1150. The molecule has 1 aliphatic carbocycles. The van der Waals surface area contributed by atoms with Gasteiger partial charge in [-0.05, 0) is 90.3 Å². The average Bonchev–Trinajstić information content (AvgIpc) is 2.89. The molecule has 5 heteroatoms. The normalized spacial score (nSPS) is 17.7. The maximum Gasteiger partial charge on any atom is 0.150 e.